The van der Waals surface area contributed by atoms with Gasteiger partial charge in [0.05, 0.1) is 12.4 Å². The third kappa shape index (κ3) is 8.00. The fraction of sp³-hybridized carbons (Fsp3) is 0.429. The third-order valence-electron chi connectivity index (χ3n) is 4.90. The summed E-state index contributed by atoms with van der Waals surface area (Å²) in [5, 5.41) is 23.9. The highest BCUT2D eigenvalue weighted by atomic mass is 16.4. The number of aromatic hydroxyl groups is 1. The smallest absolute Gasteiger partial charge is 0.326 e. The van der Waals surface area contributed by atoms with Crippen LogP contribution in [-0.2, 0) is 27.2 Å². The van der Waals surface area contributed by atoms with Crippen LogP contribution in [0.5, 0.6) is 5.75 Å². The van der Waals surface area contributed by atoms with Gasteiger partial charge in [-0.05, 0) is 49.9 Å². The number of imidazole rings is 1. The van der Waals surface area contributed by atoms with Gasteiger partial charge in [0.1, 0.15) is 17.8 Å². The number of carbonyl (C=O) groups is 3. The molecule has 32 heavy (non-hydrogen) atoms. The van der Waals surface area contributed by atoms with Crippen LogP contribution >= 0.6 is 0 Å². The van der Waals surface area contributed by atoms with E-state index in [1.165, 1.54) is 24.7 Å². The van der Waals surface area contributed by atoms with Gasteiger partial charge in [-0.15, -0.1) is 0 Å². The predicted octanol–water partition coefficient (Wildman–Crippen LogP) is -0.589. The zero-order valence-corrected chi connectivity index (χ0v) is 17.7. The van der Waals surface area contributed by atoms with E-state index < -0.39 is 35.9 Å². The fourth-order valence-corrected chi connectivity index (χ4v) is 3.11. The topological polar surface area (TPSA) is 196 Å². The highest BCUT2D eigenvalue weighted by Crippen LogP contribution is 2.11. The first-order valence-corrected chi connectivity index (χ1v) is 10.3. The van der Waals surface area contributed by atoms with E-state index in [0.29, 0.717) is 25.1 Å². The Morgan fingerprint density at radius 2 is 1.72 bits per heavy atom. The number of phenolic OH excluding ortho intramolecular Hbond substituents is 1. The summed E-state index contributed by atoms with van der Waals surface area (Å²) in [5.41, 5.74) is 12.8. The molecule has 11 heteroatoms. The highest BCUT2D eigenvalue weighted by Gasteiger charge is 2.28. The number of rotatable bonds is 13. The summed E-state index contributed by atoms with van der Waals surface area (Å²) in [6.45, 7) is 0.428. The lowest BCUT2D eigenvalue weighted by Gasteiger charge is -2.22. The number of carbonyl (C=O) groups excluding carboxylic acids is 2. The molecule has 0 saturated carbocycles. The summed E-state index contributed by atoms with van der Waals surface area (Å²) in [7, 11) is 0. The van der Waals surface area contributed by atoms with Crippen molar-refractivity contribution in [2.45, 2.75) is 50.2 Å². The van der Waals surface area contributed by atoms with Gasteiger partial charge in [0.25, 0.3) is 0 Å². The molecule has 174 valence electrons. The second kappa shape index (κ2) is 12.4. The van der Waals surface area contributed by atoms with Gasteiger partial charge in [0.2, 0.25) is 11.8 Å². The Morgan fingerprint density at radius 1 is 1.03 bits per heavy atom. The Kier molecular flexibility index (Phi) is 9.64. The van der Waals surface area contributed by atoms with E-state index in [2.05, 4.69) is 20.6 Å². The van der Waals surface area contributed by atoms with Gasteiger partial charge in [-0.2, -0.15) is 0 Å². The van der Waals surface area contributed by atoms with Crippen LogP contribution in [0.4, 0.5) is 0 Å². The molecule has 0 fully saturated rings. The van der Waals surface area contributed by atoms with E-state index >= 15 is 0 Å². The quantitative estimate of drug-likeness (QED) is 0.198. The van der Waals surface area contributed by atoms with E-state index in [9.17, 15) is 24.6 Å². The number of nitrogens with two attached hydrogens (primary N) is 2. The molecule has 2 rings (SSSR count). The van der Waals surface area contributed by atoms with E-state index in [1.54, 1.807) is 12.1 Å². The number of phenols is 1. The van der Waals surface area contributed by atoms with E-state index in [0.717, 1.165) is 5.56 Å². The van der Waals surface area contributed by atoms with Crippen LogP contribution in [0.2, 0.25) is 0 Å². The zero-order valence-electron chi connectivity index (χ0n) is 17.7. The van der Waals surface area contributed by atoms with Crippen LogP contribution in [0.1, 0.15) is 30.5 Å². The Balaban J connectivity index is 2.06. The summed E-state index contributed by atoms with van der Waals surface area (Å²) < 4.78 is 0. The van der Waals surface area contributed by atoms with Crippen molar-refractivity contribution in [2.24, 2.45) is 11.5 Å². The lowest BCUT2D eigenvalue weighted by atomic mass is 10.0. The molecule has 0 aliphatic carbocycles. The van der Waals surface area contributed by atoms with Crippen molar-refractivity contribution in [3.63, 3.8) is 0 Å². The molecule has 1 aromatic carbocycles. The van der Waals surface area contributed by atoms with Gasteiger partial charge in [-0.3, -0.25) is 9.59 Å². The number of aromatic nitrogens is 2. The maximum atomic E-state index is 12.9. The molecular weight excluding hydrogens is 416 g/mol. The number of hydrogen-bond donors (Lipinski definition) is 7. The van der Waals surface area contributed by atoms with Crippen molar-refractivity contribution >= 4 is 17.8 Å². The maximum Gasteiger partial charge on any atom is 0.326 e. The largest absolute Gasteiger partial charge is 0.508 e. The molecule has 1 heterocycles. The van der Waals surface area contributed by atoms with Gasteiger partial charge in [0, 0.05) is 18.3 Å². The maximum absolute atomic E-state index is 12.9. The molecule has 9 N–H and O–H groups in total. The molecule has 0 radical (unpaired) electrons. The lowest BCUT2D eigenvalue weighted by molar-refractivity contribution is -0.142. The number of aromatic amines is 1. The summed E-state index contributed by atoms with van der Waals surface area (Å²) in [6.07, 6.45) is 4.64. The molecule has 0 spiro atoms. The molecule has 0 saturated heterocycles. The average Bonchev–Trinajstić information content (AvgIpc) is 3.27. The Hall–Kier alpha value is -3.44. The van der Waals surface area contributed by atoms with Crippen LogP contribution in [-0.4, -0.2) is 62.6 Å². The normalized spacial score (nSPS) is 13.7. The van der Waals surface area contributed by atoms with Gasteiger partial charge < -0.3 is 37.3 Å². The minimum atomic E-state index is -1.16. The monoisotopic (exact) mass is 446 g/mol. The molecule has 2 aromatic rings. The van der Waals surface area contributed by atoms with Gasteiger partial charge in [-0.1, -0.05) is 12.1 Å². The number of H-pyrrole nitrogens is 1. The lowest BCUT2D eigenvalue weighted by Crippen LogP contribution is -2.55. The van der Waals surface area contributed by atoms with Crippen LogP contribution in [0, 0.1) is 0 Å². The minimum Gasteiger partial charge on any atom is -0.508 e. The van der Waals surface area contributed by atoms with Crippen LogP contribution in [0.25, 0.3) is 0 Å². The Labute approximate surface area is 185 Å². The molecule has 0 aliphatic rings. The Bertz CT molecular complexity index is 871. The first-order chi connectivity index (χ1) is 15.3. The molecule has 0 bridgehead atoms. The molecule has 1 aromatic heterocycles. The van der Waals surface area contributed by atoms with Gasteiger partial charge in [0.15, 0.2) is 0 Å². The molecule has 3 atom stereocenters. The number of benzene rings is 1. The molecule has 3 unspecified atom stereocenters. The predicted molar refractivity (Wildman–Crippen MR) is 116 cm³/mol. The van der Waals surface area contributed by atoms with E-state index in [1.807, 2.05) is 0 Å². The van der Waals surface area contributed by atoms with Crippen molar-refractivity contribution in [3.8, 4) is 5.75 Å². The van der Waals surface area contributed by atoms with Crippen LogP contribution < -0.4 is 22.1 Å². The highest BCUT2D eigenvalue weighted by molar-refractivity contribution is 5.92. The first kappa shape index (κ1) is 24.8. The second-order valence-corrected chi connectivity index (χ2v) is 7.50. The Morgan fingerprint density at radius 3 is 2.31 bits per heavy atom. The standard InChI is InChI=1S/C21H30N6O5/c22-8-2-1-3-17(21(31)32)26-20(30)18(10-14-11-24-12-25-14)27-19(29)16(23)9-13-4-6-15(28)7-5-13/h4-7,11-12,16-18,28H,1-3,8-10,22-23H2,(H,24,25)(H,26,30)(H,27,29)(H,31,32). The summed E-state index contributed by atoms with van der Waals surface area (Å²) in [5.74, 6) is -2.26. The molecule has 2 amide bonds. The minimum absolute atomic E-state index is 0.0820. The van der Waals surface area contributed by atoms with Gasteiger partial charge >= 0.3 is 5.97 Å². The van der Waals surface area contributed by atoms with Crippen LogP contribution in [0.3, 0.4) is 0 Å². The number of nitrogens with zero attached hydrogens (tertiary/aromatic N) is 1. The van der Waals surface area contributed by atoms with E-state index in [-0.39, 0.29) is 25.0 Å². The van der Waals surface area contributed by atoms with E-state index in [4.69, 9.17) is 11.5 Å². The fourth-order valence-electron chi connectivity index (χ4n) is 3.11. The average molecular weight is 447 g/mol. The number of nitrogens with one attached hydrogen (secondary N) is 3. The van der Waals surface area contributed by atoms with Crippen molar-refractivity contribution in [1.82, 2.24) is 20.6 Å². The number of carboxylic acid groups (broad SMARTS) is 1. The van der Waals surface area contributed by atoms with Crippen molar-refractivity contribution < 1.29 is 24.6 Å². The number of amides is 2. The zero-order chi connectivity index (χ0) is 23.5. The third-order valence-corrected chi connectivity index (χ3v) is 4.90. The van der Waals surface area contributed by atoms with Crippen molar-refractivity contribution in [3.05, 3.63) is 48.0 Å². The number of aliphatic carboxylic acids is 1. The van der Waals surface area contributed by atoms with Gasteiger partial charge in [-0.25, -0.2) is 9.78 Å². The SMILES string of the molecule is NCCCCC(NC(=O)C(Cc1cnc[nH]1)NC(=O)C(N)Cc1ccc(O)cc1)C(=O)O. The van der Waals surface area contributed by atoms with Crippen LogP contribution in [0.15, 0.2) is 36.8 Å². The number of hydrogen-bond acceptors (Lipinski definition) is 7. The summed E-state index contributed by atoms with van der Waals surface area (Å²) >= 11 is 0. The first-order valence-electron chi connectivity index (χ1n) is 10.3. The number of carboxylic acids is 1. The number of unbranched alkanes of at least 4 members (excludes halogenated alkanes) is 1. The second-order valence-electron chi connectivity index (χ2n) is 7.50. The summed E-state index contributed by atoms with van der Waals surface area (Å²) in [4.78, 5) is 43.8. The van der Waals surface area contributed by atoms with Crippen molar-refractivity contribution in [2.75, 3.05) is 6.54 Å². The molecule has 11 nitrogen and oxygen atoms in total. The van der Waals surface area contributed by atoms with Crippen molar-refractivity contribution in [1.29, 1.82) is 0 Å². The summed E-state index contributed by atoms with van der Waals surface area (Å²) in [6, 6.07) is 3.19. The molecular formula is C21H30N6O5. The molecule has 0 aliphatic heterocycles.